The summed E-state index contributed by atoms with van der Waals surface area (Å²) in [6, 6.07) is 0.772. The van der Waals surface area contributed by atoms with Gasteiger partial charge in [0.1, 0.15) is 0 Å². The number of oxime groups is 1. The summed E-state index contributed by atoms with van der Waals surface area (Å²) in [5.41, 5.74) is 0.900. The van der Waals surface area contributed by atoms with Gasteiger partial charge in [-0.05, 0) is 71.8 Å². The Bertz CT molecular complexity index is 484. The topological polar surface area (TPSA) is 94.5 Å². The van der Waals surface area contributed by atoms with Crippen LogP contribution in [0.25, 0.3) is 0 Å². The van der Waals surface area contributed by atoms with Crippen molar-refractivity contribution >= 4 is 18.1 Å². The third-order valence-electron chi connectivity index (χ3n) is 5.53. The van der Waals surface area contributed by atoms with Gasteiger partial charge in [-0.1, -0.05) is 5.16 Å². The minimum Gasteiger partial charge on any atom is -0.483 e. The standard InChI is InChI=1S/C17H30N4O2.CH2O2/c1-13-11-16(23-19-13)17(22)18-12-14-3-9-21(10-4-14)15-5-7-20(2)8-6-15;2-1-3/h14-16H,3-12H2,1-2H3,(H,18,22);1H,(H,2,3). The molecule has 3 aliphatic heterocycles. The first-order valence-corrected chi connectivity index (χ1v) is 9.51. The second-order valence-electron chi connectivity index (χ2n) is 7.49. The van der Waals surface area contributed by atoms with Crippen LogP contribution >= 0.6 is 0 Å². The third kappa shape index (κ3) is 6.25. The molecule has 0 aliphatic carbocycles. The highest BCUT2D eigenvalue weighted by Crippen LogP contribution is 2.23. The predicted octanol–water partition coefficient (Wildman–Crippen LogP) is 0.774. The van der Waals surface area contributed by atoms with E-state index >= 15 is 0 Å². The monoisotopic (exact) mass is 368 g/mol. The van der Waals surface area contributed by atoms with E-state index in [0.717, 1.165) is 18.3 Å². The molecule has 26 heavy (non-hydrogen) atoms. The van der Waals surface area contributed by atoms with Crippen molar-refractivity contribution in [2.75, 3.05) is 39.8 Å². The van der Waals surface area contributed by atoms with Crippen molar-refractivity contribution in [2.24, 2.45) is 11.1 Å². The summed E-state index contributed by atoms with van der Waals surface area (Å²) in [4.78, 5) is 30.6. The maximum absolute atomic E-state index is 12.1. The van der Waals surface area contributed by atoms with Crippen molar-refractivity contribution in [2.45, 2.75) is 51.2 Å². The van der Waals surface area contributed by atoms with Gasteiger partial charge in [0.05, 0.1) is 5.71 Å². The van der Waals surface area contributed by atoms with Gasteiger partial charge in [0.25, 0.3) is 12.4 Å². The number of hydrogen-bond acceptors (Lipinski definition) is 6. The summed E-state index contributed by atoms with van der Waals surface area (Å²) in [7, 11) is 2.21. The predicted molar refractivity (Wildman–Crippen MR) is 99.1 cm³/mol. The van der Waals surface area contributed by atoms with Crippen LogP contribution < -0.4 is 5.32 Å². The Kier molecular flexibility index (Phi) is 8.31. The molecule has 8 heteroatoms. The molecule has 8 nitrogen and oxygen atoms in total. The molecule has 3 aliphatic rings. The molecule has 1 unspecified atom stereocenters. The number of amides is 1. The van der Waals surface area contributed by atoms with Crippen LogP contribution in [-0.2, 0) is 14.4 Å². The normalized spacial score (nSPS) is 25.6. The Labute approximate surface area is 155 Å². The van der Waals surface area contributed by atoms with Gasteiger partial charge in [-0.3, -0.25) is 9.59 Å². The van der Waals surface area contributed by atoms with Gasteiger partial charge in [-0.2, -0.15) is 0 Å². The maximum atomic E-state index is 12.1. The first-order valence-electron chi connectivity index (χ1n) is 9.51. The quantitative estimate of drug-likeness (QED) is 0.712. The number of rotatable bonds is 4. The van der Waals surface area contributed by atoms with E-state index in [2.05, 4.69) is 27.3 Å². The first-order chi connectivity index (χ1) is 12.5. The smallest absolute Gasteiger partial charge is 0.290 e. The molecule has 0 bridgehead atoms. The molecular formula is C18H32N4O4. The Morgan fingerprint density at radius 3 is 2.42 bits per heavy atom. The highest BCUT2D eigenvalue weighted by molar-refractivity contribution is 5.91. The second kappa shape index (κ2) is 10.5. The van der Waals surface area contributed by atoms with Gasteiger partial charge < -0.3 is 25.1 Å². The molecule has 0 saturated carbocycles. The molecule has 0 radical (unpaired) electrons. The van der Waals surface area contributed by atoms with Crippen LogP contribution in [0.4, 0.5) is 0 Å². The zero-order chi connectivity index (χ0) is 18.9. The number of carbonyl (C=O) groups is 2. The Morgan fingerprint density at radius 1 is 1.27 bits per heavy atom. The Balaban J connectivity index is 0.000000758. The first kappa shape index (κ1) is 20.6. The van der Waals surface area contributed by atoms with Crippen molar-refractivity contribution in [3.8, 4) is 0 Å². The Hall–Kier alpha value is -1.67. The molecular weight excluding hydrogens is 336 g/mol. The highest BCUT2D eigenvalue weighted by Gasteiger charge is 2.29. The van der Waals surface area contributed by atoms with E-state index in [9.17, 15) is 4.79 Å². The van der Waals surface area contributed by atoms with E-state index in [1.165, 1.54) is 51.9 Å². The van der Waals surface area contributed by atoms with Crippen molar-refractivity contribution in [1.29, 1.82) is 0 Å². The number of likely N-dealkylation sites (tertiary alicyclic amines) is 2. The van der Waals surface area contributed by atoms with E-state index in [1.54, 1.807) is 0 Å². The third-order valence-corrected chi connectivity index (χ3v) is 5.53. The average Bonchev–Trinajstić information content (AvgIpc) is 3.08. The number of nitrogens with one attached hydrogen (secondary N) is 1. The average molecular weight is 368 g/mol. The number of carboxylic acid groups (broad SMARTS) is 1. The van der Waals surface area contributed by atoms with Gasteiger partial charge in [0, 0.05) is 19.0 Å². The van der Waals surface area contributed by atoms with Crippen LogP contribution in [0.2, 0.25) is 0 Å². The van der Waals surface area contributed by atoms with Crippen molar-refractivity contribution in [1.82, 2.24) is 15.1 Å². The molecule has 0 aromatic heterocycles. The van der Waals surface area contributed by atoms with Crippen LogP contribution in [0.1, 0.15) is 39.0 Å². The summed E-state index contributed by atoms with van der Waals surface area (Å²) >= 11 is 0. The summed E-state index contributed by atoms with van der Waals surface area (Å²) in [5.74, 6) is 0.591. The van der Waals surface area contributed by atoms with Gasteiger partial charge in [0.15, 0.2) is 0 Å². The lowest BCUT2D eigenvalue weighted by Gasteiger charge is -2.41. The number of piperidine rings is 2. The molecule has 1 atom stereocenters. The lowest BCUT2D eigenvalue weighted by molar-refractivity contribution is -0.131. The molecule has 1 amide bonds. The molecule has 3 rings (SSSR count). The summed E-state index contributed by atoms with van der Waals surface area (Å²) in [6.07, 6.45) is 5.20. The number of nitrogens with zero attached hydrogens (tertiary/aromatic N) is 3. The van der Waals surface area contributed by atoms with Crippen LogP contribution in [0.3, 0.4) is 0 Å². The minimum atomic E-state index is -0.408. The number of hydrogen-bond donors (Lipinski definition) is 2. The van der Waals surface area contributed by atoms with E-state index in [1.807, 2.05) is 6.92 Å². The molecule has 0 spiro atoms. The molecule has 2 N–H and O–H groups in total. The lowest BCUT2D eigenvalue weighted by Crippen LogP contribution is -2.48. The van der Waals surface area contributed by atoms with Crippen molar-refractivity contribution in [3.05, 3.63) is 0 Å². The SMILES string of the molecule is CC1=NOC(C(=O)NCC2CCN(C3CCN(C)CC3)CC2)C1.O=CO. The van der Waals surface area contributed by atoms with Crippen LogP contribution in [0, 0.1) is 5.92 Å². The minimum absolute atomic E-state index is 0.0108. The van der Waals surface area contributed by atoms with Gasteiger partial charge >= 0.3 is 0 Å². The van der Waals surface area contributed by atoms with Crippen molar-refractivity contribution in [3.63, 3.8) is 0 Å². The van der Waals surface area contributed by atoms with Gasteiger partial charge in [-0.15, -0.1) is 0 Å². The molecule has 2 saturated heterocycles. The van der Waals surface area contributed by atoms with Crippen LogP contribution in [-0.4, -0.2) is 84.9 Å². The van der Waals surface area contributed by atoms with Crippen molar-refractivity contribution < 1.29 is 19.5 Å². The summed E-state index contributed by atoms with van der Waals surface area (Å²) in [6.45, 7) is 7.23. The summed E-state index contributed by atoms with van der Waals surface area (Å²) in [5, 5.41) is 13.8. The molecule has 0 aromatic rings. The Morgan fingerprint density at radius 2 is 1.88 bits per heavy atom. The van der Waals surface area contributed by atoms with E-state index in [4.69, 9.17) is 14.7 Å². The molecule has 3 heterocycles. The molecule has 0 aromatic carbocycles. The van der Waals surface area contributed by atoms with E-state index in [0.29, 0.717) is 12.3 Å². The highest BCUT2D eigenvalue weighted by atomic mass is 16.6. The van der Waals surface area contributed by atoms with Crippen LogP contribution in [0.15, 0.2) is 5.16 Å². The van der Waals surface area contributed by atoms with E-state index in [-0.39, 0.29) is 12.4 Å². The fourth-order valence-electron chi connectivity index (χ4n) is 3.88. The zero-order valence-corrected chi connectivity index (χ0v) is 15.9. The second-order valence-corrected chi connectivity index (χ2v) is 7.49. The van der Waals surface area contributed by atoms with E-state index < -0.39 is 6.10 Å². The fraction of sp³-hybridized carbons (Fsp3) is 0.833. The van der Waals surface area contributed by atoms with Crippen LogP contribution in [0.5, 0.6) is 0 Å². The molecule has 2 fully saturated rings. The fourth-order valence-corrected chi connectivity index (χ4v) is 3.88. The van der Waals surface area contributed by atoms with Gasteiger partial charge in [-0.25, -0.2) is 0 Å². The maximum Gasteiger partial charge on any atom is 0.290 e. The molecule has 148 valence electrons. The van der Waals surface area contributed by atoms with Gasteiger partial charge in [0.2, 0.25) is 6.10 Å². The zero-order valence-electron chi connectivity index (χ0n) is 15.9. The summed E-state index contributed by atoms with van der Waals surface area (Å²) < 4.78 is 0. The largest absolute Gasteiger partial charge is 0.483 e. The number of carbonyl (C=O) groups excluding carboxylic acids is 1. The lowest BCUT2D eigenvalue weighted by atomic mass is 9.93.